The second-order valence-corrected chi connectivity index (χ2v) is 5.61. The quantitative estimate of drug-likeness (QED) is 0.805. The second-order valence-electron chi connectivity index (χ2n) is 5.61. The first-order valence-corrected chi connectivity index (χ1v) is 7.60. The van der Waals surface area contributed by atoms with E-state index < -0.39 is 17.5 Å². The molecule has 0 spiro atoms. The number of rotatable bonds is 7. The van der Waals surface area contributed by atoms with E-state index in [9.17, 15) is 13.6 Å². The van der Waals surface area contributed by atoms with Crippen LogP contribution in [0.5, 0.6) is 0 Å². The molecule has 1 aromatic rings. The zero-order chi connectivity index (χ0) is 15.4. The van der Waals surface area contributed by atoms with Gasteiger partial charge in [-0.25, -0.2) is 8.78 Å². The van der Waals surface area contributed by atoms with Crippen LogP contribution < -0.4 is 10.6 Å². The number of hydrogen-bond donors (Lipinski definition) is 2. The van der Waals surface area contributed by atoms with E-state index in [-0.39, 0.29) is 17.3 Å². The minimum Gasteiger partial charge on any atom is -0.380 e. The highest BCUT2D eigenvalue weighted by atomic mass is 19.1. The first-order chi connectivity index (χ1) is 10.1. The van der Waals surface area contributed by atoms with Crippen LogP contribution in [0.25, 0.3) is 0 Å². The standard InChI is InChI=1S/C16H22F2N2O/c1-3-5-10-9-14(10)20-16(21)11-7-12(17)15(13(18)8-11)19-6-4-2/h7-8,10,14,19H,3-6,9H2,1-2H3,(H,20,21). The van der Waals surface area contributed by atoms with Gasteiger partial charge in [0.1, 0.15) is 17.3 Å². The third-order valence-electron chi connectivity index (χ3n) is 3.75. The SMILES string of the molecule is CCCNc1c(F)cc(C(=O)NC2CC2CCC)cc1F. The van der Waals surface area contributed by atoms with Gasteiger partial charge >= 0.3 is 0 Å². The summed E-state index contributed by atoms with van der Waals surface area (Å²) in [6.07, 6.45) is 3.88. The van der Waals surface area contributed by atoms with Crippen molar-refractivity contribution in [2.75, 3.05) is 11.9 Å². The molecule has 0 bridgehead atoms. The summed E-state index contributed by atoms with van der Waals surface area (Å²) in [5, 5.41) is 5.52. The highest BCUT2D eigenvalue weighted by Gasteiger charge is 2.37. The number of carbonyl (C=O) groups excluding carboxylic acids is 1. The summed E-state index contributed by atoms with van der Waals surface area (Å²) < 4.78 is 27.7. The smallest absolute Gasteiger partial charge is 0.251 e. The molecule has 2 atom stereocenters. The van der Waals surface area contributed by atoms with Gasteiger partial charge in [0.15, 0.2) is 0 Å². The molecule has 0 radical (unpaired) electrons. The highest BCUT2D eigenvalue weighted by molar-refractivity contribution is 5.95. The van der Waals surface area contributed by atoms with Crippen molar-refractivity contribution in [3.8, 4) is 0 Å². The van der Waals surface area contributed by atoms with E-state index in [1.54, 1.807) is 0 Å². The molecule has 2 rings (SSSR count). The normalized spacial score (nSPS) is 20.2. The molecule has 1 amide bonds. The number of nitrogens with one attached hydrogen (secondary N) is 2. The molecule has 1 aromatic carbocycles. The summed E-state index contributed by atoms with van der Waals surface area (Å²) in [5.41, 5.74) is -0.127. The number of halogens is 2. The summed E-state index contributed by atoms with van der Waals surface area (Å²) in [7, 11) is 0. The van der Waals surface area contributed by atoms with E-state index in [4.69, 9.17) is 0 Å². The maximum atomic E-state index is 13.9. The average Bonchev–Trinajstić information content (AvgIpc) is 3.16. The molecule has 2 N–H and O–H groups in total. The monoisotopic (exact) mass is 296 g/mol. The summed E-state index contributed by atoms with van der Waals surface area (Å²) in [5.74, 6) is -1.35. The molecule has 5 heteroatoms. The molecule has 0 aromatic heterocycles. The molecule has 2 unspecified atom stereocenters. The van der Waals surface area contributed by atoms with E-state index in [2.05, 4.69) is 17.6 Å². The van der Waals surface area contributed by atoms with Crippen molar-refractivity contribution in [3.05, 3.63) is 29.3 Å². The lowest BCUT2D eigenvalue weighted by atomic mass is 10.1. The minimum atomic E-state index is -0.727. The predicted molar refractivity (Wildman–Crippen MR) is 79.4 cm³/mol. The van der Waals surface area contributed by atoms with Crippen molar-refractivity contribution in [2.45, 2.75) is 45.6 Å². The summed E-state index contributed by atoms with van der Waals surface area (Å²) >= 11 is 0. The molecule has 1 saturated carbocycles. The summed E-state index contributed by atoms with van der Waals surface area (Å²) in [6, 6.07) is 2.34. The van der Waals surface area contributed by atoms with Gasteiger partial charge in [-0.2, -0.15) is 0 Å². The molecule has 116 valence electrons. The number of hydrogen-bond acceptors (Lipinski definition) is 2. The molecule has 0 aliphatic heterocycles. The van der Waals surface area contributed by atoms with Crippen LogP contribution in [0, 0.1) is 17.6 Å². The minimum absolute atomic E-state index is 0.0363. The number of carbonyl (C=O) groups is 1. The van der Waals surface area contributed by atoms with Gasteiger partial charge in [0.25, 0.3) is 5.91 Å². The van der Waals surface area contributed by atoms with Crippen molar-refractivity contribution in [2.24, 2.45) is 5.92 Å². The molecular weight excluding hydrogens is 274 g/mol. The van der Waals surface area contributed by atoms with Crippen molar-refractivity contribution in [3.63, 3.8) is 0 Å². The highest BCUT2D eigenvalue weighted by Crippen LogP contribution is 2.34. The van der Waals surface area contributed by atoms with Crippen LogP contribution in [0.15, 0.2) is 12.1 Å². The maximum Gasteiger partial charge on any atom is 0.251 e. The Hall–Kier alpha value is -1.65. The van der Waals surface area contributed by atoms with Gasteiger partial charge in [-0.1, -0.05) is 20.3 Å². The third kappa shape index (κ3) is 3.93. The van der Waals surface area contributed by atoms with Crippen molar-refractivity contribution < 1.29 is 13.6 Å². The number of benzene rings is 1. The van der Waals surface area contributed by atoms with Crippen LogP contribution >= 0.6 is 0 Å². The number of amides is 1. The molecule has 0 heterocycles. The Morgan fingerprint density at radius 2 is 1.90 bits per heavy atom. The van der Waals surface area contributed by atoms with E-state index in [1.807, 2.05) is 6.92 Å². The van der Waals surface area contributed by atoms with Gasteiger partial charge < -0.3 is 10.6 Å². The first-order valence-electron chi connectivity index (χ1n) is 7.60. The maximum absolute atomic E-state index is 13.9. The van der Waals surface area contributed by atoms with Crippen molar-refractivity contribution in [1.29, 1.82) is 0 Å². The Balaban J connectivity index is 2.02. The van der Waals surface area contributed by atoms with Gasteiger partial charge in [0.2, 0.25) is 0 Å². The van der Waals surface area contributed by atoms with Crippen LogP contribution in [-0.2, 0) is 0 Å². The third-order valence-corrected chi connectivity index (χ3v) is 3.75. The van der Waals surface area contributed by atoms with Crippen LogP contribution in [0.1, 0.15) is 49.9 Å². The van der Waals surface area contributed by atoms with Gasteiger partial charge in [0.05, 0.1) is 0 Å². The van der Waals surface area contributed by atoms with Crippen molar-refractivity contribution >= 4 is 11.6 Å². The van der Waals surface area contributed by atoms with Crippen LogP contribution in [0.3, 0.4) is 0 Å². The Morgan fingerprint density at radius 1 is 1.24 bits per heavy atom. The topological polar surface area (TPSA) is 41.1 Å². The average molecular weight is 296 g/mol. The molecule has 1 aliphatic carbocycles. The van der Waals surface area contributed by atoms with Gasteiger partial charge in [0, 0.05) is 18.2 Å². The van der Waals surface area contributed by atoms with Crippen LogP contribution in [0.2, 0.25) is 0 Å². The van der Waals surface area contributed by atoms with Crippen LogP contribution in [-0.4, -0.2) is 18.5 Å². The zero-order valence-electron chi connectivity index (χ0n) is 12.5. The summed E-state index contributed by atoms with van der Waals surface area (Å²) in [6.45, 7) is 4.50. The summed E-state index contributed by atoms with van der Waals surface area (Å²) in [4.78, 5) is 12.0. The van der Waals surface area contributed by atoms with E-state index in [0.29, 0.717) is 12.5 Å². The fourth-order valence-corrected chi connectivity index (χ4v) is 2.49. The second kappa shape index (κ2) is 6.87. The molecule has 3 nitrogen and oxygen atoms in total. The lowest BCUT2D eigenvalue weighted by molar-refractivity contribution is 0.0948. The Morgan fingerprint density at radius 3 is 2.48 bits per heavy atom. The Kier molecular flexibility index (Phi) is 5.15. The first kappa shape index (κ1) is 15.7. The Labute approximate surface area is 124 Å². The largest absolute Gasteiger partial charge is 0.380 e. The lowest BCUT2D eigenvalue weighted by Gasteiger charge is -2.10. The predicted octanol–water partition coefficient (Wildman–Crippen LogP) is 3.71. The Bertz CT molecular complexity index is 496. The van der Waals surface area contributed by atoms with Crippen LogP contribution in [0.4, 0.5) is 14.5 Å². The molecular formula is C16H22F2N2O. The fourth-order valence-electron chi connectivity index (χ4n) is 2.49. The van der Waals surface area contributed by atoms with E-state index >= 15 is 0 Å². The zero-order valence-corrected chi connectivity index (χ0v) is 12.5. The fraction of sp³-hybridized carbons (Fsp3) is 0.562. The van der Waals surface area contributed by atoms with Gasteiger partial charge in [-0.3, -0.25) is 4.79 Å². The molecule has 21 heavy (non-hydrogen) atoms. The molecule has 1 fully saturated rings. The molecule has 0 saturated heterocycles. The lowest BCUT2D eigenvalue weighted by Crippen LogP contribution is -2.27. The van der Waals surface area contributed by atoms with E-state index in [1.165, 1.54) is 0 Å². The van der Waals surface area contributed by atoms with Gasteiger partial charge in [-0.15, -0.1) is 0 Å². The van der Waals surface area contributed by atoms with Gasteiger partial charge in [-0.05, 0) is 37.3 Å². The molecule has 1 aliphatic rings. The number of anilines is 1. The van der Waals surface area contributed by atoms with E-state index in [0.717, 1.165) is 37.8 Å². The van der Waals surface area contributed by atoms with Crippen molar-refractivity contribution in [1.82, 2.24) is 5.32 Å².